The third-order valence-electron chi connectivity index (χ3n) is 14.1. The molecule has 8 atom stereocenters. The topological polar surface area (TPSA) is 243 Å². The van der Waals surface area contributed by atoms with Crippen LogP contribution in [0.5, 0.6) is 23.0 Å². The lowest BCUT2D eigenvalue weighted by molar-refractivity contribution is -0.176. The summed E-state index contributed by atoms with van der Waals surface area (Å²) >= 11 is 0. The number of rotatable bonds is 15. The van der Waals surface area contributed by atoms with Gasteiger partial charge in [0.1, 0.15) is 30.0 Å². The number of methoxy groups -OCH3 is 6. The third-order valence-corrected chi connectivity index (χ3v) is 14.1. The molecule has 8 rings (SSSR count). The van der Waals surface area contributed by atoms with E-state index in [2.05, 4.69) is 57.0 Å². The van der Waals surface area contributed by atoms with Crippen molar-refractivity contribution in [2.24, 2.45) is 17.8 Å². The maximum Gasteiger partial charge on any atom is 0.338 e. The van der Waals surface area contributed by atoms with Crippen LogP contribution in [0.3, 0.4) is 0 Å². The molecule has 1 aromatic heterocycles. The number of hydrogen-bond acceptors (Lipinski definition) is 15. The van der Waals surface area contributed by atoms with Crippen molar-refractivity contribution in [3.05, 3.63) is 47.2 Å². The molecule has 3 aromatic rings. The van der Waals surface area contributed by atoms with Crippen molar-refractivity contribution < 1.29 is 72.1 Å². The van der Waals surface area contributed by atoms with Gasteiger partial charge in [-0.3, -0.25) is 19.3 Å². The lowest BCUT2D eigenvalue weighted by atomic mass is 9.63. The average Bonchev–Trinajstić information content (AvgIpc) is 4.09. The Labute approximate surface area is 401 Å². The van der Waals surface area contributed by atoms with Gasteiger partial charge in [0.15, 0.2) is 11.5 Å². The number of aromatic nitrogens is 1. The molecule has 2 amide bonds. The highest BCUT2D eigenvalue weighted by Crippen LogP contribution is 2.51. The van der Waals surface area contributed by atoms with Crippen LogP contribution in [0.2, 0.25) is 0 Å². The van der Waals surface area contributed by atoms with Gasteiger partial charge in [-0.25, -0.2) is 14.4 Å². The summed E-state index contributed by atoms with van der Waals surface area (Å²) < 4.78 is 42.3. The fourth-order valence-corrected chi connectivity index (χ4v) is 10.6. The van der Waals surface area contributed by atoms with E-state index in [-0.39, 0.29) is 41.2 Å². The summed E-state index contributed by atoms with van der Waals surface area (Å²) in [5, 5.41) is 22.5. The van der Waals surface area contributed by atoms with E-state index in [9.17, 15) is 28.8 Å². The summed E-state index contributed by atoms with van der Waals surface area (Å²) in [4.78, 5) is 73.5. The Morgan fingerprint density at radius 3 is 1.90 bits per heavy atom. The number of fused-ring (bicyclic) bond motifs is 6. The number of carboxylic acid groups (broad SMARTS) is 2. The third kappa shape index (κ3) is 11.5. The Balaban J connectivity index is 0.000000361. The molecular weight excluding hydrogens is 899 g/mol. The Kier molecular flexibility index (Phi) is 17.8. The number of carboxylic acids is 2. The quantitative estimate of drug-likeness (QED) is 0.159. The zero-order chi connectivity index (χ0) is 50.1. The van der Waals surface area contributed by atoms with E-state index in [1.165, 1.54) is 50.6 Å². The van der Waals surface area contributed by atoms with Crippen LogP contribution in [-0.4, -0.2) is 160 Å². The Hall–Kier alpha value is -6.12. The van der Waals surface area contributed by atoms with Crippen molar-refractivity contribution >= 4 is 46.6 Å². The fraction of sp³-hybridized carbons (Fsp3) is 0.592. The van der Waals surface area contributed by atoms with Gasteiger partial charge in [-0.1, -0.05) is 13.8 Å². The van der Waals surface area contributed by atoms with Crippen LogP contribution in [0.1, 0.15) is 80.0 Å². The summed E-state index contributed by atoms with van der Waals surface area (Å²) in [7, 11) is 9.21. The van der Waals surface area contributed by atoms with Gasteiger partial charge in [-0.2, -0.15) is 0 Å². The van der Waals surface area contributed by atoms with Crippen molar-refractivity contribution in [2.75, 3.05) is 75.4 Å². The van der Waals surface area contributed by atoms with Gasteiger partial charge in [-0.05, 0) is 86.9 Å². The molecule has 0 unspecified atom stereocenters. The highest BCUT2D eigenvalue weighted by atomic mass is 16.6. The van der Waals surface area contributed by atoms with Crippen LogP contribution in [0.25, 0.3) is 10.9 Å². The van der Waals surface area contributed by atoms with E-state index in [1.807, 2.05) is 0 Å². The summed E-state index contributed by atoms with van der Waals surface area (Å²) in [6, 6.07) is 8.40. The minimum Gasteiger partial charge on any atom is -0.497 e. The molecule has 0 spiro atoms. The molecule has 378 valence electrons. The van der Waals surface area contributed by atoms with Gasteiger partial charge in [0, 0.05) is 63.3 Å². The van der Waals surface area contributed by atoms with Crippen LogP contribution in [0.15, 0.2) is 30.3 Å². The van der Waals surface area contributed by atoms with Gasteiger partial charge in [0.25, 0.3) is 0 Å². The van der Waals surface area contributed by atoms with Crippen LogP contribution >= 0.6 is 0 Å². The molecule has 2 aromatic carbocycles. The standard InChI is InChI=1S/C39H53N3O9.2C5H7NO3/c1-9-40(10-2)15-16-42-29-20-25(45-3)11-12-26(29)27-13-14-41-22-24-19-33(37(49-7)34(39(44)50-8)28(24)21-30(41)35(27)42)51-38(43)23-17-31(46-4)36(48-6)32(18-23)47-5;2*7-4-2-1-3(6-4)5(8)9/h11-12,17-18,20,24,28,30,33-34,37H,9-10,13-16,19,21-22H2,1-8H3;2*3H,1-2H2,(H,6,7)(H,8,9)/t24-,28+,30-,33-,34+,37+;2*3-/m100/s1. The minimum atomic E-state index is -0.944. The number of benzene rings is 2. The van der Waals surface area contributed by atoms with Crippen LogP contribution in [0.4, 0.5) is 0 Å². The summed E-state index contributed by atoms with van der Waals surface area (Å²) in [5.74, 6) is -1.77. The monoisotopic (exact) mass is 965 g/mol. The maximum atomic E-state index is 13.7. The van der Waals surface area contributed by atoms with E-state index >= 15 is 0 Å². The molecule has 20 heteroatoms. The molecule has 1 saturated carbocycles. The Bertz CT molecular complexity index is 2290. The molecular formula is C49H67N5O15. The second-order valence-electron chi connectivity index (χ2n) is 17.7. The average molecular weight is 966 g/mol. The number of piperidine rings is 1. The number of carbonyl (C=O) groups excluding carboxylic acids is 4. The molecule has 3 saturated heterocycles. The minimum absolute atomic E-state index is 0.0329. The molecule has 69 heavy (non-hydrogen) atoms. The van der Waals surface area contributed by atoms with E-state index in [4.69, 9.17) is 43.4 Å². The lowest BCUT2D eigenvalue weighted by Gasteiger charge is -2.53. The molecule has 20 nitrogen and oxygen atoms in total. The van der Waals surface area contributed by atoms with Gasteiger partial charge in [0.05, 0.1) is 58.6 Å². The first-order chi connectivity index (χ1) is 33.1. The number of likely N-dealkylation sites (N-methyl/N-ethyl adjacent to an activating group) is 1. The fourth-order valence-electron chi connectivity index (χ4n) is 10.6. The molecule has 1 aliphatic carbocycles. The highest BCUT2D eigenvalue weighted by molar-refractivity contribution is 5.92. The molecule has 0 radical (unpaired) electrons. The smallest absolute Gasteiger partial charge is 0.338 e. The van der Waals surface area contributed by atoms with Gasteiger partial charge >= 0.3 is 23.9 Å². The van der Waals surface area contributed by atoms with Gasteiger partial charge < -0.3 is 63.5 Å². The second-order valence-corrected chi connectivity index (χ2v) is 17.7. The summed E-state index contributed by atoms with van der Waals surface area (Å²) in [6.07, 6.45) is 2.45. The van der Waals surface area contributed by atoms with E-state index in [1.54, 1.807) is 26.4 Å². The number of nitrogens with one attached hydrogen (secondary N) is 2. The SMILES string of the molecule is CCN(CC)CCn1c2c(c3ccc(OC)cc31)CCN1C[C@H]3C[C@@H](OC(=O)c4cc(OC)c(OC)c(OC)c4)[C@H](OC)[C@@H](C(=O)OC)[C@H]3C[C@H]21.O=C1CC[C@@H](C(=O)O)N1.O=C1CC[C@@H](C(=O)O)N1. The summed E-state index contributed by atoms with van der Waals surface area (Å²) in [6.45, 7) is 9.88. The first-order valence-electron chi connectivity index (χ1n) is 23.5. The van der Waals surface area contributed by atoms with Crippen molar-refractivity contribution in [2.45, 2.75) is 95.7 Å². The van der Waals surface area contributed by atoms with Crippen molar-refractivity contribution in [3.63, 3.8) is 0 Å². The second kappa shape index (κ2) is 23.5. The number of hydrogen-bond donors (Lipinski definition) is 4. The number of carbonyl (C=O) groups is 6. The predicted octanol–water partition coefficient (Wildman–Crippen LogP) is 3.69. The molecule has 4 fully saturated rings. The maximum absolute atomic E-state index is 13.7. The summed E-state index contributed by atoms with van der Waals surface area (Å²) in [5.41, 5.74) is 4.16. The van der Waals surface area contributed by atoms with E-state index in [0.717, 1.165) is 57.9 Å². The van der Waals surface area contributed by atoms with Crippen LogP contribution in [-0.2, 0) is 51.1 Å². The molecule has 4 aliphatic heterocycles. The van der Waals surface area contributed by atoms with Gasteiger partial charge in [0.2, 0.25) is 17.6 Å². The number of amides is 2. The van der Waals surface area contributed by atoms with E-state index < -0.39 is 48.1 Å². The van der Waals surface area contributed by atoms with Crippen molar-refractivity contribution in [1.82, 2.24) is 25.0 Å². The van der Waals surface area contributed by atoms with Crippen LogP contribution in [0, 0.1) is 17.8 Å². The molecule has 5 aliphatic rings. The van der Waals surface area contributed by atoms with E-state index in [0.29, 0.717) is 49.4 Å². The Morgan fingerprint density at radius 2 is 1.42 bits per heavy atom. The number of nitrogens with zero attached hydrogens (tertiary/aromatic N) is 3. The van der Waals surface area contributed by atoms with Crippen molar-refractivity contribution in [1.29, 1.82) is 0 Å². The lowest BCUT2D eigenvalue weighted by Crippen LogP contribution is -2.58. The highest BCUT2D eigenvalue weighted by Gasteiger charge is 2.55. The first-order valence-corrected chi connectivity index (χ1v) is 23.5. The van der Waals surface area contributed by atoms with Gasteiger partial charge in [-0.15, -0.1) is 0 Å². The predicted molar refractivity (Wildman–Crippen MR) is 250 cm³/mol. The molecule has 5 heterocycles. The normalized spacial score (nSPS) is 24.7. The number of ether oxygens (including phenoxy) is 7. The zero-order valence-electron chi connectivity index (χ0n) is 40.7. The number of esters is 2. The van der Waals surface area contributed by atoms with Crippen molar-refractivity contribution in [3.8, 4) is 23.0 Å². The molecule has 4 N–H and O–H groups in total. The Morgan fingerprint density at radius 1 is 0.797 bits per heavy atom. The molecule has 0 bridgehead atoms. The first kappa shape index (κ1) is 52.3. The van der Waals surface area contributed by atoms with Crippen LogP contribution < -0.4 is 29.6 Å². The number of aliphatic carboxylic acids is 2. The zero-order valence-corrected chi connectivity index (χ0v) is 40.7. The largest absolute Gasteiger partial charge is 0.497 e.